The van der Waals surface area contributed by atoms with Crippen molar-refractivity contribution in [2.75, 3.05) is 17.8 Å². The first kappa shape index (κ1) is 18.5. The van der Waals surface area contributed by atoms with Gasteiger partial charge < -0.3 is 4.90 Å². The third kappa shape index (κ3) is 4.07. The van der Waals surface area contributed by atoms with Crippen LogP contribution >= 0.6 is 0 Å². The van der Waals surface area contributed by atoms with Gasteiger partial charge in [-0.15, -0.1) is 0 Å². The minimum atomic E-state index is -3.65. The van der Waals surface area contributed by atoms with E-state index in [0.29, 0.717) is 11.3 Å². The molecule has 26 heavy (non-hydrogen) atoms. The Labute approximate surface area is 155 Å². The Hall–Kier alpha value is -2.34. The molecule has 0 aromatic heterocycles. The zero-order chi connectivity index (χ0) is 18.7. The first-order valence-corrected chi connectivity index (χ1v) is 10.3. The first-order valence-electron chi connectivity index (χ1n) is 8.86. The van der Waals surface area contributed by atoms with Crippen molar-refractivity contribution in [1.82, 2.24) is 4.90 Å². The average Bonchev–Trinajstić information content (AvgIpc) is 2.64. The lowest BCUT2D eigenvalue weighted by Crippen LogP contribution is -2.35. The highest BCUT2D eigenvalue weighted by atomic mass is 32.2. The van der Waals surface area contributed by atoms with E-state index in [-0.39, 0.29) is 10.8 Å². The van der Waals surface area contributed by atoms with Crippen LogP contribution in [0.1, 0.15) is 40.7 Å². The largest absolute Gasteiger partial charge is 0.339 e. The van der Waals surface area contributed by atoms with Crippen LogP contribution < -0.4 is 4.72 Å². The van der Waals surface area contributed by atoms with Crippen LogP contribution in [0, 0.1) is 13.8 Å². The Morgan fingerprint density at radius 3 is 2.23 bits per heavy atom. The molecule has 1 fully saturated rings. The molecule has 2 aromatic carbocycles. The number of nitrogens with zero attached hydrogens (tertiary/aromatic N) is 1. The highest BCUT2D eigenvalue weighted by molar-refractivity contribution is 7.92. The highest BCUT2D eigenvalue weighted by Gasteiger charge is 2.20. The van der Waals surface area contributed by atoms with E-state index in [9.17, 15) is 13.2 Å². The molecule has 3 rings (SSSR count). The van der Waals surface area contributed by atoms with Gasteiger partial charge in [-0.25, -0.2) is 8.42 Å². The minimum absolute atomic E-state index is 0.0146. The fourth-order valence-electron chi connectivity index (χ4n) is 3.11. The zero-order valence-corrected chi connectivity index (χ0v) is 16.0. The van der Waals surface area contributed by atoms with Gasteiger partial charge in [0.05, 0.1) is 10.6 Å². The van der Waals surface area contributed by atoms with Crippen LogP contribution in [0.3, 0.4) is 0 Å². The minimum Gasteiger partial charge on any atom is -0.339 e. The molecule has 0 saturated carbocycles. The van der Waals surface area contributed by atoms with Gasteiger partial charge in [0.1, 0.15) is 0 Å². The highest BCUT2D eigenvalue weighted by Crippen LogP contribution is 2.22. The number of nitrogens with one attached hydrogen (secondary N) is 1. The van der Waals surface area contributed by atoms with Crippen LogP contribution in [-0.2, 0) is 10.0 Å². The smallest absolute Gasteiger partial charge is 0.261 e. The number of piperidine rings is 1. The second-order valence-corrected chi connectivity index (χ2v) is 8.48. The summed E-state index contributed by atoms with van der Waals surface area (Å²) in [6.45, 7) is 5.30. The molecule has 1 saturated heterocycles. The number of hydrogen-bond acceptors (Lipinski definition) is 3. The molecule has 6 heteroatoms. The molecule has 0 radical (unpaired) electrons. The molecule has 0 atom stereocenters. The van der Waals surface area contributed by atoms with Gasteiger partial charge in [0, 0.05) is 18.7 Å². The summed E-state index contributed by atoms with van der Waals surface area (Å²) in [6.07, 6.45) is 3.25. The van der Waals surface area contributed by atoms with Gasteiger partial charge in [-0.2, -0.15) is 0 Å². The standard InChI is InChI=1S/C20H24N2O3S/c1-15-6-9-18(10-7-15)26(24,25)21-19-11-8-17(14-16(19)2)20(23)22-12-4-3-5-13-22/h6-11,14,21H,3-5,12-13H2,1-2H3. The van der Waals surface area contributed by atoms with Gasteiger partial charge in [0.15, 0.2) is 0 Å². The van der Waals surface area contributed by atoms with Crippen LogP contribution in [0.4, 0.5) is 5.69 Å². The van der Waals surface area contributed by atoms with E-state index in [1.54, 1.807) is 49.4 Å². The second kappa shape index (κ2) is 7.50. The second-order valence-electron chi connectivity index (χ2n) is 6.80. The molecule has 1 aliphatic rings. The predicted molar refractivity (Wildman–Crippen MR) is 103 cm³/mol. The van der Waals surface area contributed by atoms with Crippen LogP contribution in [0.5, 0.6) is 0 Å². The number of likely N-dealkylation sites (tertiary alicyclic amines) is 1. The van der Waals surface area contributed by atoms with E-state index >= 15 is 0 Å². The SMILES string of the molecule is Cc1ccc(S(=O)(=O)Nc2ccc(C(=O)N3CCCCC3)cc2C)cc1. The quantitative estimate of drug-likeness (QED) is 0.889. The summed E-state index contributed by atoms with van der Waals surface area (Å²) in [6, 6.07) is 11.8. The van der Waals surface area contributed by atoms with Gasteiger partial charge in [-0.3, -0.25) is 9.52 Å². The number of carbonyl (C=O) groups excluding carboxylic acids is 1. The van der Waals surface area contributed by atoms with Gasteiger partial charge in [-0.1, -0.05) is 17.7 Å². The normalized spacial score (nSPS) is 14.9. The number of hydrogen-bond donors (Lipinski definition) is 1. The molecule has 5 nitrogen and oxygen atoms in total. The number of aryl methyl sites for hydroxylation is 2. The Balaban J connectivity index is 1.79. The summed E-state index contributed by atoms with van der Waals surface area (Å²) < 4.78 is 27.7. The molecule has 2 aromatic rings. The van der Waals surface area contributed by atoms with Gasteiger partial charge in [0.2, 0.25) is 0 Å². The molecule has 1 heterocycles. The van der Waals surface area contributed by atoms with E-state index in [2.05, 4.69) is 4.72 Å². The lowest BCUT2D eigenvalue weighted by atomic mass is 10.1. The molecule has 0 bridgehead atoms. The van der Waals surface area contributed by atoms with Gasteiger partial charge >= 0.3 is 0 Å². The Kier molecular flexibility index (Phi) is 5.32. The van der Waals surface area contributed by atoms with Crippen molar-refractivity contribution < 1.29 is 13.2 Å². The maximum absolute atomic E-state index is 12.6. The fourth-order valence-corrected chi connectivity index (χ4v) is 4.24. The average molecular weight is 372 g/mol. The van der Waals surface area contributed by atoms with Crippen LogP contribution in [0.25, 0.3) is 0 Å². The number of anilines is 1. The maximum atomic E-state index is 12.6. The number of benzene rings is 2. The summed E-state index contributed by atoms with van der Waals surface area (Å²) in [5.41, 5.74) is 2.81. The monoisotopic (exact) mass is 372 g/mol. The number of rotatable bonds is 4. The van der Waals surface area contributed by atoms with Crippen molar-refractivity contribution in [2.45, 2.75) is 38.0 Å². The summed E-state index contributed by atoms with van der Waals surface area (Å²) in [5.74, 6) is 0.0146. The van der Waals surface area contributed by atoms with E-state index < -0.39 is 10.0 Å². The summed E-state index contributed by atoms with van der Waals surface area (Å²) in [4.78, 5) is 14.7. The third-order valence-corrected chi connectivity index (χ3v) is 6.07. The van der Waals surface area contributed by atoms with Crippen LogP contribution in [-0.4, -0.2) is 32.3 Å². The van der Waals surface area contributed by atoms with E-state index in [0.717, 1.165) is 37.1 Å². The number of carbonyl (C=O) groups is 1. The molecule has 0 aliphatic carbocycles. The molecule has 1 aliphatic heterocycles. The summed E-state index contributed by atoms with van der Waals surface area (Å²) in [7, 11) is -3.65. The molecular weight excluding hydrogens is 348 g/mol. The Bertz CT molecular complexity index is 899. The Morgan fingerprint density at radius 2 is 1.62 bits per heavy atom. The van der Waals surface area contributed by atoms with E-state index in [4.69, 9.17) is 0 Å². The fraction of sp³-hybridized carbons (Fsp3) is 0.350. The lowest BCUT2D eigenvalue weighted by molar-refractivity contribution is 0.0724. The summed E-state index contributed by atoms with van der Waals surface area (Å²) in [5, 5.41) is 0. The van der Waals surface area contributed by atoms with Crippen LogP contribution in [0.2, 0.25) is 0 Å². The van der Waals surface area contributed by atoms with Crippen LogP contribution in [0.15, 0.2) is 47.4 Å². The van der Waals surface area contributed by atoms with E-state index in [1.165, 1.54) is 6.42 Å². The van der Waals surface area contributed by atoms with Gasteiger partial charge in [0.25, 0.3) is 15.9 Å². The summed E-state index contributed by atoms with van der Waals surface area (Å²) >= 11 is 0. The lowest BCUT2D eigenvalue weighted by Gasteiger charge is -2.27. The van der Waals surface area contributed by atoms with Crippen molar-refractivity contribution in [3.05, 3.63) is 59.2 Å². The van der Waals surface area contributed by atoms with Crippen molar-refractivity contribution in [2.24, 2.45) is 0 Å². The number of sulfonamides is 1. The molecule has 138 valence electrons. The molecule has 0 spiro atoms. The number of amides is 1. The molecule has 0 unspecified atom stereocenters. The zero-order valence-electron chi connectivity index (χ0n) is 15.2. The van der Waals surface area contributed by atoms with Gasteiger partial charge in [-0.05, 0) is 69.0 Å². The van der Waals surface area contributed by atoms with Crippen molar-refractivity contribution in [1.29, 1.82) is 0 Å². The van der Waals surface area contributed by atoms with Crippen molar-refractivity contribution in [3.8, 4) is 0 Å². The van der Waals surface area contributed by atoms with Crippen molar-refractivity contribution >= 4 is 21.6 Å². The molecule has 1 N–H and O–H groups in total. The Morgan fingerprint density at radius 1 is 0.962 bits per heavy atom. The molecular formula is C20H24N2O3S. The molecule has 1 amide bonds. The van der Waals surface area contributed by atoms with Crippen molar-refractivity contribution in [3.63, 3.8) is 0 Å². The first-order chi connectivity index (χ1) is 12.4. The van der Waals surface area contributed by atoms with E-state index in [1.807, 2.05) is 11.8 Å². The maximum Gasteiger partial charge on any atom is 0.261 e. The predicted octanol–water partition coefficient (Wildman–Crippen LogP) is 3.73. The topological polar surface area (TPSA) is 66.5 Å². The third-order valence-electron chi connectivity index (χ3n) is 4.69.